The van der Waals surface area contributed by atoms with Gasteiger partial charge in [0, 0.05) is 18.0 Å². The van der Waals surface area contributed by atoms with Crippen LogP contribution in [0.3, 0.4) is 0 Å². The Hall–Kier alpha value is -2.15. The van der Waals surface area contributed by atoms with Crippen LogP contribution >= 0.6 is 0 Å². The molecule has 2 rings (SSSR count). The third kappa shape index (κ3) is 1.25. The average molecular weight is 185 g/mol. The predicted molar refractivity (Wildman–Crippen MR) is 50.9 cm³/mol. The van der Waals surface area contributed by atoms with Gasteiger partial charge in [0.15, 0.2) is 0 Å². The van der Waals surface area contributed by atoms with Gasteiger partial charge in [0.25, 0.3) is 5.56 Å². The average Bonchev–Trinajstić information content (AvgIpc) is 2.17. The molecule has 14 heavy (non-hydrogen) atoms. The fourth-order valence-electron chi connectivity index (χ4n) is 1.29. The van der Waals surface area contributed by atoms with Gasteiger partial charge in [0.2, 0.25) is 0 Å². The SMILES string of the molecule is Cc1cc(=O)n2cc(C#N)ccc2n1. The maximum Gasteiger partial charge on any atom is 0.258 e. The fraction of sp³-hybridized carbons (Fsp3) is 0.100. The van der Waals surface area contributed by atoms with E-state index in [4.69, 9.17) is 5.26 Å². The largest absolute Gasteiger partial charge is 0.269 e. The number of nitriles is 1. The minimum Gasteiger partial charge on any atom is -0.269 e. The van der Waals surface area contributed by atoms with E-state index >= 15 is 0 Å². The van der Waals surface area contributed by atoms with E-state index in [0.717, 1.165) is 0 Å². The van der Waals surface area contributed by atoms with Crippen molar-refractivity contribution in [3.05, 3.63) is 46.0 Å². The van der Waals surface area contributed by atoms with Crippen LogP contribution in [0.2, 0.25) is 0 Å². The molecule has 0 aromatic carbocycles. The van der Waals surface area contributed by atoms with Gasteiger partial charge in [-0.3, -0.25) is 9.20 Å². The minimum atomic E-state index is -0.162. The molecule has 0 bridgehead atoms. The smallest absolute Gasteiger partial charge is 0.258 e. The highest BCUT2D eigenvalue weighted by Crippen LogP contribution is 2.01. The summed E-state index contributed by atoms with van der Waals surface area (Å²) < 4.78 is 1.37. The van der Waals surface area contributed by atoms with Gasteiger partial charge < -0.3 is 0 Å². The van der Waals surface area contributed by atoms with Crippen LogP contribution in [0.25, 0.3) is 5.65 Å². The summed E-state index contributed by atoms with van der Waals surface area (Å²) in [6.07, 6.45) is 1.49. The van der Waals surface area contributed by atoms with Crippen LogP contribution in [-0.4, -0.2) is 9.38 Å². The predicted octanol–water partition coefficient (Wildman–Crippen LogP) is 0.875. The molecular weight excluding hydrogens is 178 g/mol. The van der Waals surface area contributed by atoms with E-state index in [1.165, 1.54) is 16.7 Å². The highest BCUT2D eigenvalue weighted by Gasteiger charge is 1.99. The minimum absolute atomic E-state index is 0.162. The van der Waals surface area contributed by atoms with E-state index in [2.05, 4.69) is 4.98 Å². The van der Waals surface area contributed by atoms with Crippen LogP contribution in [0.15, 0.2) is 29.2 Å². The molecule has 2 heterocycles. The zero-order chi connectivity index (χ0) is 10.1. The van der Waals surface area contributed by atoms with Gasteiger partial charge in [-0.05, 0) is 19.1 Å². The van der Waals surface area contributed by atoms with Gasteiger partial charge in [-0.1, -0.05) is 0 Å². The van der Waals surface area contributed by atoms with E-state index in [0.29, 0.717) is 16.9 Å². The Morgan fingerprint density at radius 3 is 3.00 bits per heavy atom. The van der Waals surface area contributed by atoms with Crippen LogP contribution in [0.4, 0.5) is 0 Å². The molecule has 0 saturated carbocycles. The zero-order valence-corrected chi connectivity index (χ0v) is 7.56. The number of pyridine rings is 1. The fourth-order valence-corrected chi connectivity index (χ4v) is 1.29. The van der Waals surface area contributed by atoms with Crippen LogP contribution in [0, 0.1) is 18.3 Å². The first kappa shape index (κ1) is 8.45. The highest BCUT2D eigenvalue weighted by molar-refractivity contribution is 5.42. The van der Waals surface area contributed by atoms with E-state index < -0.39 is 0 Å². The van der Waals surface area contributed by atoms with Crippen LogP contribution in [0.5, 0.6) is 0 Å². The maximum absolute atomic E-state index is 11.5. The van der Waals surface area contributed by atoms with Crippen molar-refractivity contribution >= 4 is 5.65 Å². The molecule has 0 unspecified atom stereocenters. The third-order valence-electron chi connectivity index (χ3n) is 1.92. The summed E-state index contributed by atoms with van der Waals surface area (Å²) in [5, 5.41) is 8.66. The molecule has 0 aliphatic heterocycles. The van der Waals surface area contributed by atoms with E-state index in [-0.39, 0.29) is 5.56 Å². The molecule has 0 N–H and O–H groups in total. The lowest BCUT2D eigenvalue weighted by atomic mass is 10.3. The first-order valence-corrected chi connectivity index (χ1v) is 4.11. The Balaban J connectivity index is 2.91. The van der Waals surface area contributed by atoms with Gasteiger partial charge in [-0.25, -0.2) is 4.98 Å². The molecule has 2 aromatic rings. The quantitative estimate of drug-likeness (QED) is 0.612. The summed E-state index contributed by atoms with van der Waals surface area (Å²) in [5.41, 5.74) is 1.53. The molecule has 4 nitrogen and oxygen atoms in total. The standard InChI is InChI=1S/C10H7N3O/c1-7-4-10(14)13-6-8(5-11)2-3-9(13)12-7/h2-4,6H,1H3. The number of aromatic nitrogens is 2. The lowest BCUT2D eigenvalue weighted by molar-refractivity contribution is 1.01. The van der Waals surface area contributed by atoms with Crippen molar-refractivity contribution in [2.24, 2.45) is 0 Å². The van der Waals surface area contributed by atoms with Crippen molar-refractivity contribution < 1.29 is 0 Å². The molecule has 0 amide bonds. The van der Waals surface area contributed by atoms with Crippen molar-refractivity contribution in [1.29, 1.82) is 5.26 Å². The first-order valence-electron chi connectivity index (χ1n) is 4.11. The molecule has 0 radical (unpaired) electrons. The normalized spacial score (nSPS) is 10.0. The molecular formula is C10H7N3O. The number of rotatable bonds is 0. The maximum atomic E-state index is 11.5. The van der Waals surface area contributed by atoms with Gasteiger partial charge >= 0.3 is 0 Å². The second-order valence-electron chi connectivity index (χ2n) is 2.99. The molecule has 68 valence electrons. The summed E-state index contributed by atoms with van der Waals surface area (Å²) in [7, 11) is 0. The molecule has 0 aliphatic rings. The molecule has 0 saturated heterocycles. The molecule has 0 atom stereocenters. The molecule has 0 fully saturated rings. The lowest BCUT2D eigenvalue weighted by Crippen LogP contribution is -2.14. The molecule has 0 aliphatic carbocycles. The van der Waals surface area contributed by atoms with E-state index in [9.17, 15) is 4.79 Å². The van der Waals surface area contributed by atoms with E-state index in [1.54, 1.807) is 19.1 Å². The molecule has 2 aromatic heterocycles. The van der Waals surface area contributed by atoms with Crippen molar-refractivity contribution in [3.63, 3.8) is 0 Å². The van der Waals surface area contributed by atoms with Crippen LogP contribution < -0.4 is 5.56 Å². The van der Waals surface area contributed by atoms with Crippen molar-refractivity contribution in [3.8, 4) is 6.07 Å². The summed E-state index contributed by atoms with van der Waals surface area (Å²) >= 11 is 0. The van der Waals surface area contributed by atoms with Gasteiger partial charge in [0.1, 0.15) is 11.7 Å². The Bertz CT molecular complexity index is 592. The zero-order valence-electron chi connectivity index (χ0n) is 7.56. The summed E-state index contributed by atoms with van der Waals surface area (Å²) in [6, 6.07) is 6.71. The van der Waals surface area contributed by atoms with Crippen molar-refractivity contribution in [1.82, 2.24) is 9.38 Å². The Morgan fingerprint density at radius 1 is 1.50 bits per heavy atom. The Morgan fingerprint density at radius 2 is 2.29 bits per heavy atom. The van der Waals surface area contributed by atoms with Crippen molar-refractivity contribution in [2.75, 3.05) is 0 Å². The van der Waals surface area contributed by atoms with Gasteiger partial charge in [0.05, 0.1) is 5.56 Å². The first-order chi connectivity index (χ1) is 6.70. The Kier molecular flexibility index (Phi) is 1.79. The Labute approximate surface area is 80.1 Å². The third-order valence-corrected chi connectivity index (χ3v) is 1.92. The second kappa shape index (κ2) is 2.96. The topological polar surface area (TPSA) is 58.2 Å². The second-order valence-corrected chi connectivity index (χ2v) is 2.99. The monoisotopic (exact) mass is 185 g/mol. The van der Waals surface area contributed by atoms with Crippen LogP contribution in [0.1, 0.15) is 11.3 Å². The molecule has 4 heteroatoms. The molecule has 0 spiro atoms. The van der Waals surface area contributed by atoms with E-state index in [1.807, 2.05) is 6.07 Å². The van der Waals surface area contributed by atoms with Gasteiger partial charge in [-0.15, -0.1) is 0 Å². The number of aryl methyl sites for hydroxylation is 1. The van der Waals surface area contributed by atoms with Gasteiger partial charge in [-0.2, -0.15) is 5.26 Å². The van der Waals surface area contributed by atoms with Crippen LogP contribution in [-0.2, 0) is 0 Å². The number of fused-ring (bicyclic) bond motifs is 1. The summed E-state index contributed by atoms with van der Waals surface area (Å²) in [4.78, 5) is 15.6. The summed E-state index contributed by atoms with van der Waals surface area (Å²) in [5.74, 6) is 0. The van der Waals surface area contributed by atoms with Crippen molar-refractivity contribution in [2.45, 2.75) is 6.92 Å². The highest BCUT2D eigenvalue weighted by atomic mass is 16.1. The number of hydrogen-bond acceptors (Lipinski definition) is 3. The number of nitrogens with zero attached hydrogens (tertiary/aromatic N) is 3. The number of hydrogen-bond donors (Lipinski definition) is 0. The lowest BCUT2D eigenvalue weighted by Gasteiger charge is -2.00. The summed E-state index contributed by atoms with van der Waals surface area (Å²) in [6.45, 7) is 1.76.